The highest BCUT2D eigenvalue weighted by Gasteiger charge is 2.07. The zero-order chi connectivity index (χ0) is 16.3. The Morgan fingerprint density at radius 2 is 1.82 bits per heavy atom. The molecule has 2 rings (SSSR count). The smallest absolute Gasteiger partial charge is 0.337 e. The van der Waals surface area contributed by atoms with Crippen LogP contribution in [-0.2, 0) is 4.74 Å². The third kappa shape index (κ3) is 3.40. The summed E-state index contributed by atoms with van der Waals surface area (Å²) in [5.74, 6) is -0.399. The van der Waals surface area contributed by atoms with Gasteiger partial charge in [0.15, 0.2) is 0 Å². The molecule has 0 bridgehead atoms. The minimum Gasteiger partial charge on any atom is -0.465 e. The van der Waals surface area contributed by atoms with E-state index in [-0.39, 0.29) is 10.6 Å². The number of carbonyl (C=O) groups is 1. The minimum atomic E-state index is -0.399. The molecule has 22 heavy (non-hydrogen) atoms. The molecule has 0 atom stereocenters. The molecule has 0 aliphatic carbocycles. The first-order valence-electron chi connectivity index (χ1n) is 6.37. The summed E-state index contributed by atoms with van der Waals surface area (Å²) in [6, 6.07) is 8.21. The van der Waals surface area contributed by atoms with Crippen LogP contribution in [0.15, 0.2) is 35.1 Å². The number of nitrogens with zero attached hydrogens (tertiary/aromatic N) is 1. The molecule has 0 fully saturated rings. The molecule has 0 aliphatic heterocycles. The van der Waals surface area contributed by atoms with Crippen molar-refractivity contribution in [2.45, 2.75) is 6.92 Å². The summed E-state index contributed by atoms with van der Waals surface area (Å²) < 4.78 is 6.01. The molecule has 0 unspecified atom stereocenters. The maximum Gasteiger partial charge on any atom is 0.337 e. The first-order valence-corrected chi connectivity index (χ1v) is 7.13. The summed E-state index contributed by atoms with van der Waals surface area (Å²) in [5, 5.41) is 0.469. The van der Waals surface area contributed by atoms with Crippen LogP contribution in [-0.4, -0.2) is 17.6 Å². The van der Waals surface area contributed by atoms with Gasteiger partial charge in [-0.2, -0.15) is 0 Å². The Morgan fingerprint density at radius 3 is 2.41 bits per heavy atom. The number of ether oxygens (including phenoxy) is 1. The topological polar surface area (TPSA) is 48.3 Å². The van der Waals surface area contributed by atoms with E-state index in [9.17, 15) is 9.59 Å². The fraction of sp³-hybridized carbons (Fsp3) is 0.125. The lowest BCUT2D eigenvalue weighted by Crippen LogP contribution is -2.18. The maximum atomic E-state index is 12.0. The van der Waals surface area contributed by atoms with Crippen molar-refractivity contribution >= 4 is 41.4 Å². The molecule has 1 heterocycles. The lowest BCUT2D eigenvalue weighted by molar-refractivity contribution is 0.0601. The quantitative estimate of drug-likeness (QED) is 0.798. The zero-order valence-electron chi connectivity index (χ0n) is 12.0. The lowest BCUT2D eigenvalue weighted by Gasteiger charge is -2.07. The Kier molecular flexibility index (Phi) is 5.06. The Bertz CT molecular complexity index is 792. The monoisotopic (exact) mass is 337 g/mol. The molecule has 0 saturated heterocycles. The van der Waals surface area contributed by atoms with Crippen LogP contribution < -0.4 is 5.56 Å². The van der Waals surface area contributed by atoms with Gasteiger partial charge in [0.2, 0.25) is 0 Å². The zero-order valence-corrected chi connectivity index (χ0v) is 13.5. The SMILES string of the molecule is COC(=O)c1ccc(C=Cn2c(C)c(Cl)cc(Cl)c2=O)cc1. The van der Waals surface area contributed by atoms with Gasteiger partial charge in [0, 0.05) is 11.9 Å². The Hall–Kier alpha value is -2.04. The van der Waals surface area contributed by atoms with E-state index in [1.54, 1.807) is 43.5 Å². The third-order valence-electron chi connectivity index (χ3n) is 3.13. The normalized spacial score (nSPS) is 10.9. The molecular formula is C16H13Cl2NO3. The fourth-order valence-electron chi connectivity index (χ4n) is 1.85. The first kappa shape index (κ1) is 16.3. The van der Waals surface area contributed by atoms with Crippen molar-refractivity contribution in [3.63, 3.8) is 0 Å². The molecule has 0 radical (unpaired) electrons. The number of hydrogen-bond acceptors (Lipinski definition) is 3. The van der Waals surface area contributed by atoms with E-state index < -0.39 is 5.97 Å². The van der Waals surface area contributed by atoms with Crippen LogP contribution in [0.2, 0.25) is 10.0 Å². The minimum absolute atomic E-state index is 0.0567. The van der Waals surface area contributed by atoms with Crippen molar-refractivity contribution in [3.05, 3.63) is 67.6 Å². The molecule has 0 amide bonds. The van der Waals surface area contributed by atoms with E-state index in [1.165, 1.54) is 17.7 Å². The molecular weight excluding hydrogens is 325 g/mol. The number of aromatic nitrogens is 1. The van der Waals surface area contributed by atoms with Crippen LogP contribution in [0, 0.1) is 6.92 Å². The molecule has 2 aromatic rings. The molecule has 1 aromatic heterocycles. The van der Waals surface area contributed by atoms with Crippen molar-refractivity contribution < 1.29 is 9.53 Å². The lowest BCUT2D eigenvalue weighted by atomic mass is 10.1. The van der Waals surface area contributed by atoms with Gasteiger partial charge >= 0.3 is 5.97 Å². The van der Waals surface area contributed by atoms with Gasteiger partial charge in [-0.1, -0.05) is 35.3 Å². The third-order valence-corrected chi connectivity index (χ3v) is 3.78. The van der Waals surface area contributed by atoms with Gasteiger partial charge < -0.3 is 4.74 Å². The molecule has 6 heteroatoms. The van der Waals surface area contributed by atoms with Gasteiger partial charge in [0.1, 0.15) is 5.02 Å². The van der Waals surface area contributed by atoms with Crippen molar-refractivity contribution in [1.29, 1.82) is 0 Å². The highest BCUT2D eigenvalue weighted by molar-refractivity contribution is 6.34. The number of esters is 1. The van der Waals surface area contributed by atoms with Crippen molar-refractivity contribution in [1.82, 2.24) is 4.57 Å². The van der Waals surface area contributed by atoms with Gasteiger partial charge in [-0.05, 0) is 36.8 Å². The second-order valence-electron chi connectivity index (χ2n) is 4.53. The highest BCUT2D eigenvalue weighted by atomic mass is 35.5. The number of methoxy groups -OCH3 is 1. The summed E-state index contributed by atoms with van der Waals surface area (Å²) in [4.78, 5) is 23.4. The van der Waals surface area contributed by atoms with E-state index >= 15 is 0 Å². The van der Waals surface area contributed by atoms with Crippen LogP contribution in [0.1, 0.15) is 21.6 Å². The van der Waals surface area contributed by atoms with E-state index in [0.717, 1.165) is 5.56 Å². The van der Waals surface area contributed by atoms with Gasteiger partial charge in [0.25, 0.3) is 5.56 Å². The predicted molar refractivity (Wildman–Crippen MR) is 88.5 cm³/mol. The van der Waals surface area contributed by atoms with Gasteiger partial charge in [0.05, 0.1) is 17.7 Å². The van der Waals surface area contributed by atoms with Crippen LogP contribution in [0.4, 0.5) is 0 Å². The van der Waals surface area contributed by atoms with Crippen LogP contribution in [0.25, 0.3) is 12.3 Å². The van der Waals surface area contributed by atoms with Crippen molar-refractivity contribution in [2.75, 3.05) is 7.11 Å². The fourth-order valence-corrected chi connectivity index (χ4v) is 2.30. The number of benzene rings is 1. The summed E-state index contributed by atoms with van der Waals surface area (Å²) in [6.45, 7) is 1.73. The van der Waals surface area contributed by atoms with E-state index in [4.69, 9.17) is 23.2 Å². The Morgan fingerprint density at radius 1 is 1.18 bits per heavy atom. The van der Waals surface area contributed by atoms with Crippen molar-refractivity contribution in [2.24, 2.45) is 0 Å². The molecule has 0 spiro atoms. The second kappa shape index (κ2) is 6.81. The maximum absolute atomic E-state index is 12.0. The molecule has 4 nitrogen and oxygen atoms in total. The Labute approximate surface area is 137 Å². The van der Waals surface area contributed by atoms with E-state index in [2.05, 4.69) is 4.74 Å². The number of halogens is 2. The van der Waals surface area contributed by atoms with Crippen LogP contribution in [0.3, 0.4) is 0 Å². The predicted octanol–water partition coefficient (Wildman–Crippen LogP) is 3.88. The number of pyridine rings is 1. The van der Waals surface area contributed by atoms with Crippen LogP contribution >= 0.6 is 23.2 Å². The molecule has 0 saturated carbocycles. The van der Waals surface area contributed by atoms with Gasteiger partial charge in [-0.25, -0.2) is 4.79 Å². The van der Waals surface area contributed by atoms with E-state index in [0.29, 0.717) is 16.3 Å². The van der Waals surface area contributed by atoms with Gasteiger partial charge in [-0.15, -0.1) is 0 Å². The van der Waals surface area contributed by atoms with Crippen molar-refractivity contribution in [3.8, 4) is 0 Å². The number of hydrogen-bond donors (Lipinski definition) is 0. The molecule has 0 N–H and O–H groups in total. The average Bonchev–Trinajstić information content (AvgIpc) is 2.53. The standard InChI is InChI=1S/C16H13Cl2NO3/c1-10-13(17)9-14(18)15(20)19(10)8-7-11-3-5-12(6-4-11)16(21)22-2/h3-9H,1-2H3. The summed E-state index contributed by atoms with van der Waals surface area (Å²) in [5.41, 5.74) is 1.53. The Balaban J connectivity index is 2.34. The largest absolute Gasteiger partial charge is 0.465 e. The summed E-state index contributed by atoms with van der Waals surface area (Å²) in [7, 11) is 1.33. The molecule has 114 valence electrons. The summed E-state index contributed by atoms with van der Waals surface area (Å²) >= 11 is 11.9. The molecule has 0 aliphatic rings. The van der Waals surface area contributed by atoms with E-state index in [1.807, 2.05) is 0 Å². The van der Waals surface area contributed by atoms with Gasteiger partial charge in [-0.3, -0.25) is 9.36 Å². The highest BCUT2D eigenvalue weighted by Crippen LogP contribution is 2.17. The number of rotatable bonds is 3. The van der Waals surface area contributed by atoms with Crippen LogP contribution in [0.5, 0.6) is 0 Å². The average molecular weight is 338 g/mol. The summed E-state index contributed by atoms with van der Waals surface area (Å²) in [6.07, 6.45) is 3.31. The first-order chi connectivity index (χ1) is 10.4. The second-order valence-corrected chi connectivity index (χ2v) is 5.34. The number of carbonyl (C=O) groups excluding carboxylic acids is 1. The molecule has 1 aromatic carbocycles.